The summed E-state index contributed by atoms with van der Waals surface area (Å²) in [6, 6.07) is 4.94. The highest BCUT2D eigenvalue weighted by atomic mass is 35.5. The van der Waals surface area contributed by atoms with Crippen molar-refractivity contribution >= 4 is 50.7 Å². The highest BCUT2D eigenvalue weighted by Gasteiger charge is 2.14. The van der Waals surface area contributed by atoms with E-state index >= 15 is 0 Å². The summed E-state index contributed by atoms with van der Waals surface area (Å²) in [4.78, 5) is 30.6. The molecule has 0 N–H and O–H groups in total. The van der Waals surface area contributed by atoms with Crippen LogP contribution in [0, 0.1) is 13.8 Å². The van der Waals surface area contributed by atoms with Gasteiger partial charge in [-0.25, -0.2) is 4.98 Å². The van der Waals surface area contributed by atoms with E-state index in [1.165, 1.54) is 22.2 Å². The summed E-state index contributed by atoms with van der Waals surface area (Å²) in [5.74, 6) is -0.543. The van der Waals surface area contributed by atoms with Gasteiger partial charge in [0, 0.05) is 20.5 Å². The topological polar surface area (TPSA) is 61.2 Å². The number of hydrogen-bond acceptors (Lipinski definition) is 5. The number of esters is 1. The molecule has 5 nitrogen and oxygen atoms in total. The molecule has 1 aromatic carbocycles. The number of carbonyl (C=O) groups excluding carboxylic acids is 1. The molecule has 0 atom stereocenters. The standard InChI is InChI=1S/C17H14Cl2N2O3S/c1-9-10(2)25-16-15(9)17(23)21(8-20-16)6-14(22)24-7-11-3-4-12(18)5-13(11)19/h3-5,8H,6-7H2,1-2H3. The van der Waals surface area contributed by atoms with Gasteiger partial charge in [-0.05, 0) is 31.5 Å². The maximum absolute atomic E-state index is 12.6. The van der Waals surface area contributed by atoms with E-state index in [-0.39, 0.29) is 18.7 Å². The highest BCUT2D eigenvalue weighted by molar-refractivity contribution is 7.18. The van der Waals surface area contributed by atoms with Crippen molar-refractivity contribution in [1.82, 2.24) is 9.55 Å². The highest BCUT2D eigenvalue weighted by Crippen LogP contribution is 2.25. The quantitative estimate of drug-likeness (QED) is 0.622. The Balaban J connectivity index is 1.75. The molecule has 0 amide bonds. The number of aromatic nitrogens is 2. The lowest BCUT2D eigenvalue weighted by Crippen LogP contribution is -2.25. The smallest absolute Gasteiger partial charge is 0.326 e. The van der Waals surface area contributed by atoms with Crippen molar-refractivity contribution < 1.29 is 9.53 Å². The van der Waals surface area contributed by atoms with E-state index in [4.69, 9.17) is 27.9 Å². The summed E-state index contributed by atoms with van der Waals surface area (Å²) in [5.41, 5.74) is 1.30. The number of carbonyl (C=O) groups is 1. The second-order valence-corrected chi connectivity index (χ2v) is 7.58. The zero-order valence-corrected chi connectivity index (χ0v) is 15.8. The van der Waals surface area contributed by atoms with Gasteiger partial charge in [0.05, 0.1) is 11.7 Å². The molecular formula is C17H14Cl2N2O3S. The molecule has 0 saturated heterocycles. The van der Waals surface area contributed by atoms with Crippen molar-refractivity contribution in [2.75, 3.05) is 0 Å². The molecular weight excluding hydrogens is 383 g/mol. The molecule has 130 valence electrons. The molecule has 2 aromatic heterocycles. The van der Waals surface area contributed by atoms with Gasteiger partial charge in [-0.1, -0.05) is 29.3 Å². The molecule has 0 unspecified atom stereocenters. The lowest BCUT2D eigenvalue weighted by molar-refractivity contribution is -0.145. The molecule has 2 heterocycles. The van der Waals surface area contributed by atoms with Crippen LogP contribution in [0.4, 0.5) is 0 Å². The second-order valence-electron chi connectivity index (χ2n) is 5.54. The zero-order chi connectivity index (χ0) is 18.1. The maximum Gasteiger partial charge on any atom is 0.326 e. The van der Waals surface area contributed by atoms with E-state index in [2.05, 4.69) is 4.98 Å². The van der Waals surface area contributed by atoms with Crippen molar-refractivity contribution in [3.8, 4) is 0 Å². The number of ether oxygens (including phenoxy) is 1. The van der Waals surface area contributed by atoms with E-state index < -0.39 is 5.97 Å². The number of benzene rings is 1. The van der Waals surface area contributed by atoms with Crippen molar-refractivity contribution in [3.05, 3.63) is 60.9 Å². The van der Waals surface area contributed by atoms with Crippen LogP contribution in [0.25, 0.3) is 10.2 Å². The molecule has 3 rings (SSSR count). The van der Waals surface area contributed by atoms with Crippen LogP contribution in [0.15, 0.2) is 29.3 Å². The lowest BCUT2D eigenvalue weighted by Gasteiger charge is -2.08. The summed E-state index contributed by atoms with van der Waals surface area (Å²) in [6.07, 6.45) is 1.37. The lowest BCUT2D eigenvalue weighted by atomic mass is 10.2. The molecule has 8 heteroatoms. The third-order valence-corrected chi connectivity index (χ3v) is 5.56. The maximum atomic E-state index is 12.6. The summed E-state index contributed by atoms with van der Waals surface area (Å²) in [7, 11) is 0. The van der Waals surface area contributed by atoms with E-state index in [1.807, 2.05) is 13.8 Å². The summed E-state index contributed by atoms with van der Waals surface area (Å²) >= 11 is 13.3. The minimum Gasteiger partial charge on any atom is -0.459 e. The van der Waals surface area contributed by atoms with Gasteiger partial charge in [-0.2, -0.15) is 0 Å². The minimum atomic E-state index is -0.543. The van der Waals surface area contributed by atoms with Gasteiger partial charge in [0.15, 0.2) is 0 Å². The molecule has 0 radical (unpaired) electrons. The van der Waals surface area contributed by atoms with Crippen LogP contribution < -0.4 is 5.56 Å². The Morgan fingerprint density at radius 2 is 2.08 bits per heavy atom. The predicted molar refractivity (Wildman–Crippen MR) is 99.6 cm³/mol. The SMILES string of the molecule is Cc1sc2ncn(CC(=O)OCc3ccc(Cl)cc3Cl)c(=O)c2c1C. The van der Waals surface area contributed by atoms with Crippen LogP contribution in [-0.4, -0.2) is 15.5 Å². The Hall–Kier alpha value is -1.89. The van der Waals surface area contributed by atoms with Crippen molar-refractivity contribution in [3.63, 3.8) is 0 Å². The molecule has 0 aliphatic heterocycles. The van der Waals surface area contributed by atoms with Crippen LogP contribution >= 0.6 is 34.5 Å². The Bertz CT molecular complexity index is 1030. The van der Waals surface area contributed by atoms with E-state index in [1.54, 1.807) is 18.2 Å². The van der Waals surface area contributed by atoms with Crippen molar-refractivity contribution in [1.29, 1.82) is 0 Å². The van der Waals surface area contributed by atoms with Gasteiger partial charge in [0.25, 0.3) is 5.56 Å². The molecule has 0 fully saturated rings. The number of halogens is 2. The molecule has 25 heavy (non-hydrogen) atoms. The van der Waals surface area contributed by atoms with Crippen LogP contribution in [0.5, 0.6) is 0 Å². The first-order chi connectivity index (χ1) is 11.9. The Morgan fingerprint density at radius 1 is 1.32 bits per heavy atom. The first-order valence-electron chi connectivity index (χ1n) is 7.41. The third kappa shape index (κ3) is 3.71. The average molecular weight is 397 g/mol. The van der Waals surface area contributed by atoms with E-state index in [0.717, 1.165) is 10.4 Å². The van der Waals surface area contributed by atoms with Crippen LogP contribution in [0.1, 0.15) is 16.0 Å². The fourth-order valence-electron chi connectivity index (χ4n) is 2.36. The normalized spacial score (nSPS) is 11.0. The van der Waals surface area contributed by atoms with Crippen LogP contribution in [-0.2, 0) is 22.7 Å². The number of hydrogen-bond donors (Lipinski definition) is 0. The first kappa shape index (κ1) is 17.9. The third-order valence-electron chi connectivity index (χ3n) is 3.86. The number of nitrogens with zero attached hydrogens (tertiary/aromatic N) is 2. The van der Waals surface area contributed by atoms with Gasteiger partial charge in [0.1, 0.15) is 18.0 Å². The van der Waals surface area contributed by atoms with Gasteiger partial charge in [-0.3, -0.25) is 14.2 Å². The van der Waals surface area contributed by atoms with Gasteiger partial charge >= 0.3 is 5.97 Å². The summed E-state index contributed by atoms with van der Waals surface area (Å²) in [6.45, 7) is 3.62. The molecule has 0 bridgehead atoms. The van der Waals surface area contributed by atoms with E-state index in [0.29, 0.717) is 25.8 Å². The van der Waals surface area contributed by atoms with Gasteiger partial charge in [-0.15, -0.1) is 11.3 Å². The molecule has 0 spiro atoms. The Morgan fingerprint density at radius 3 is 2.80 bits per heavy atom. The second kappa shape index (κ2) is 7.15. The molecule has 0 aliphatic carbocycles. The molecule has 3 aromatic rings. The number of rotatable bonds is 4. The molecule has 0 saturated carbocycles. The average Bonchev–Trinajstić information content (AvgIpc) is 2.85. The fourth-order valence-corrected chi connectivity index (χ4v) is 3.81. The largest absolute Gasteiger partial charge is 0.459 e. The van der Waals surface area contributed by atoms with Crippen molar-refractivity contribution in [2.24, 2.45) is 0 Å². The van der Waals surface area contributed by atoms with E-state index in [9.17, 15) is 9.59 Å². The van der Waals surface area contributed by atoms with Crippen molar-refractivity contribution in [2.45, 2.75) is 27.0 Å². The number of fused-ring (bicyclic) bond motifs is 1. The minimum absolute atomic E-state index is 0.00977. The predicted octanol–water partition coefficient (Wildman–Crippen LogP) is 4.13. The Labute approximate surface area is 157 Å². The zero-order valence-electron chi connectivity index (χ0n) is 13.5. The monoisotopic (exact) mass is 396 g/mol. The summed E-state index contributed by atoms with van der Waals surface area (Å²) < 4.78 is 6.46. The fraction of sp³-hybridized carbons (Fsp3) is 0.235. The summed E-state index contributed by atoms with van der Waals surface area (Å²) in [5, 5.41) is 1.48. The number of aryl methyl sites for hydroxylation is 2. The van der Waals surface area contributed by atoms with Gasteiger partial charge < -0.3 is 4.74 Å². The Kier molecular flexibility index (Phi) is 5.13. The number of thiophene rings is 1. The van der Waals surface area contributed by atoms with Gasteiger partial charge in [0.2, 0.25) is 0 Å². The van der Waals surface area contributed by atoms with Crippen LogP contribution in [0.2, 0.25) is 10.0 Å². The van der Waals surface area contributed by atoms with Crippen LogP contribution in [0.3, 0.4) is 0 Å². The first-order valence-corrected chi connectivity index (χ1v) is 8.98. The molecule has 0 aliphatic rings.